The summed E-state index contributed by atoms with van der Waals surface area (Å²) in [5.74, 6) is 0. The van der Waals surface area contributed by atoms with Gasteiger partial charge < -0.3 is 9.88 Å². The lowest BCUT2D eigenvalue weighted by Gasteiger charge is -2.30. The lowest BCUT2D eigenvalue weighted by Crippen LogP contribution is -2.33. The lowest BCUT2D eigenvalue weighted by atomic mass is 9.85. The van der Waals surface area contributed by atoms with Gasteiger partial charge in [-0.25, -0.2) is 0 Å². The molecule has 1 N–H and O–H groups in total. The summed E-state index contributed by atoms with van der Waals surface area (Å²) in [5.41, 5.74) is 7.04. The smallest absolute Gasteiger partial charge is 0.0697 e. The van der Waals surface area contributed by atoms with Gasteiger partial charge in [0, 0.05) is 21.7 Å². The highest BCUT2D eigenvalue weighted by atomic mass is 15.1. The minimum atomic E-state index is 0.190. The first-order chi connectivity index (χ1) is 16.5. The van der Waals surface area contributed by atoms with Gasteiger partial charge in [-0.1, -0.05) is 102 Å². The first kappa shape index (κ1) is 22.8. The Balaban J connectivity index is 0.000000439. The highest BCUT2D eigenvalue weighted by molar-refractivity contribution is 6.06. The van der Waals surface area contributed by atoms with Crippen LogP contribution in [0.3, 0.4) is 0 Å². The predicted molar refractivity (Wildman–Crippen MR) is 149 cm³/mol. The van der Waals surface area contributed by atoms with Crippen molar-refractivity contribution in [3.63, 3.8) is 0 Å². The number of nitrogens with zero attached hydrogens (tertiary/aromatic N) is 1. The van der Waals surface area contributed by atoms with E-state index in [1.165, 1.54) is 70.0 Å². The number of unbranched alkanes of at least 4 members (excludes halogenated alkanes) is 2. The first-order valence-corrected chi connectivity index (χ1v) is 13.1. The van der Waals surface area contributed by atoms with E-state index in [2.05, 4.69) is 117 Å². The molecule has 34 heavy (non-hydrogen) atoms. The zero-order valence-corrected chi connectivity index (χ0v) is 21.4. The first-order valence-electron chi connectivity index (χ1n) is 13.1. The molecule has 0 radical (unpaired) electrons. The van der Waals surface area contributed by atoms with Crippen LogP contribution in [0.2, 0.25) is 0 Å². The zero-order chi connectivity index (χ0) is 23.9. The van der Waals surface area contributed by atoms with E-state index in [9.17, 15) is 0 Å². The van der Waals surface area contributed by atoms with Crippen LogP contribution in [0.25, 0.3) is 33.4 Å². The Kier molecular flexibility index (Phi) is 5.80. The van der Waals surface area contributed by atoms with Gasteiger partial charge in [-0.2, -0.15) is 0 Å². The fraction of sp³-hybridized carbons (Fsp3) is 0.375. The molecule has 1 aliphatic heterocycles. The largest absolute Gasteiger partial charge is 0.376 e. The van der Waals surface area contributed by atoms with Gasteiger partial charge in [0.25, 0.3) is 0 Å². The monoisotopic (exact) mass is 450 g/mol. The number of rotatable bonds is 5. The van der Waals surface area contributed by atoms with Crippen LogP contribution in [0.4, 0.5) is 5.69 Å². The number of aromatic nitrogens is 1. The third kappa shape index (κ3) is 3.22. The molecule has 2 nitrogen and oxygen atoms in total. The van der Waals surface area contributed by atoms with E-state index in [1.807, 2.05) is 0 Å². The summed E-state index contributed by atoms with van der Waals surface area (Å²) in [6.07, 6.45) is 10.9. The number of hydrogen-bond donors (Lipinski definition) is 1. The summed E-state index contributed by atoms with van der Waals surface area (Å²) in [6.45, 7) is 11.3. The molecule has 1 unspecified atom stereocenters. The van der Waals surface area contributed by atoms with Crippen LogP contribution in [0, 0.1) is 0 Å². The van der Waals surface area contributed by atoms with Crippen LogP contribution < -0.4 is 5.32 Å². The number of fused-ring (bicyclic) bond motifs is 3. The normalized spacial score (nSPS) is 22.4. The Bertz CT molecular complexity index is 1370. The molecule has 4 aromatic rings. The molecule has 2 atom stereocenters. The van der Waals surface area contributed by atoms with Crippen molar-refractivity contribution < 1.29 is 0 Å². The second-order valence-corrected chi connectivity index (χ2v) is 10.2. The molecule has 2 heterocycles. The number of benzene rings is 3. The minimum Gasteiger partial charge on any atom is -0.376 e. The van der Waals surface area contributed by atoms with E-state index in [0.29, 0.717) is 0 Å². The molecule has 1 aromatic heterocycles. The lowest BCUT2D eigenvalue weighted by molar-refractivity contribution is 0.581. The topological polar surface area (TPSA) is 17.0 Å². The molecule has 1 saturated carbocycles. The van der Waals surface area contributed by atoms with Crippen LogP contribution >= 0.6 is 0 Å². The maximum absolute atomic E-state index is 4.02. The Morgan fingerprint density at radius 2 is 1.68 bits per heavy atom. The third-order valence-electron chi connectivity index (χ3n) is 8.22. The summed E-state index contributed by atoms with van der Waals surface area (Å²) < 4.78 is 2.46. The van der Waals surface area contributed by atoms with Crippen LogP contribution in [0.1, 0.15) is 78.0 Å². The number of anilines is 1. The SMILES string of the molecule is C/C=C\c1c2c3c(cccc3n1-c1cccc3ccccc13)C1(C)C[C@]1(CC)N2.CCCCC. The molecule has 0 bridgehead atoms. The zero-order valence-electron chi connectivity index (χ0n) is 21.4. The Morgan fingerprint density at radius 1 is 0.941 bits per heavy atom. The highest BCUT2D eigenvalue weighted by Crippen LogP contribution is 2.66. The molecule has 0 saturated heterocycles. The quantitative estimate of drug-likeness (QED) is 0.320. The van der Waals surface area contributed by atoms with Gasteiger partial charge in [0.2, 0.25) is 0 Å². The molecule has 0 spiro atoms. The second kappa shape index (κ2) is 8.65. The standard InChI is InChI=1S/C27H26N2.C5H12/c1-4-10-23-25-24-20(26(3)17-27(26,5-2)28-25)14-9-16-22(24)29(23)21-15-8-12-18-11-6-7-13-19(18)21;1-3-5-4-2/h4,6-16,28H,5,17H2,1-3H3;3-5H2,1-2H3/b10-4-;/t26?,27-;/m0./s1. The Labute approximate surface area is 204 Å². The van der Waals surface area contributed by atoms with Crippen molar-refractivity contribution >= 4 is 33.4 Å². The van der Waals surface area contributed by atoms with Gasteiger partial charge in [-0.15, -0.1) is 0 Å². The summed E-state index contributed by atoms with van der Waals surface area (Å²) in [5, 5.41) is 7.99. The fourth-order valence-corrected chi connectivity index (χ4v) is 6.21. The highest BCUT2D eigenvalue weighted by Gasteiger charge is 2.66. The van der Waals surface area contributed by atoms with Gasteiger partial charge >= 0.3 is 0 Å². The van der Waals surface area contributed by atoms with Gasteiger partial charge in [-0.3, -0.25) is 0 Å². The van der Waals surface area contributed by atoms with E-state index in [4.69, 9.17) is 0 Å². The van der Waals surface area contributed by atoms with Gasteiger partial charge in [0.1, 0.15) is 0 Å². The van der Waals surface area contributed by atoms with E-state index in [1.54, 1.807) is 0 Å². The summed E-state index contributed by atoms with van der Waals surface area (Å²) in [6, 6.07) is 22.2. The summed E-state index contributed by atoms with van der Waals surface area (Å²) in [4.78, 5) is 0. The van der Waals surface area contributed by atoms with Crippen LogP contribution in [-0.2, 0) is 5.41 Å². The average molecular weight is 451 g/mol. The fourth-order valence-electron chi connectivity index (χ4n) is 6.21. The van der Waals surface area contributed by atoms with Crippen LogP contribution in [-0.4, -0.2) is 10.1 Å². The number of allylic oxidation sites excluding steroid dienone is 1. The molecule has 1 aliphatic carbocycles. The van der Waals surface area contributed by atoms with Gasteiger partial charge in [0.15, 0.2) is 0 Å². The van der Waals surface area contributed by atoms with E-state index in [0.717, 1.165) is 6.42 Å². The van der Waals surface area contributed by atoms with Gasteiger partial charge in [-0.05, 0) is 48.9 Å². The molecule has 176 valence electrons. The maximum Gasteiger partial charge on any atom is 0.0697 e. The van der Waals surface area contributed by atoms with Gasteiger partial charge in [0.05, 0.1) is 22.6 Å². The van der Waals surface area contributed by atoms with E-state index >= 15 is 0 Å². The minimum absolute atomic E-state index is 0.190. The van der Waals surface area contributed by atoms with Crippen molar-refractivity contribution in [1.82, 2.24) is 4.57 Å². The number of nitrogens with one attached hydrogen (secondary N) is 1. The molecule has 2 aliphatic rings. The summed E-state index contributed by atoms with van der Waals surface area (Å²) >= 11 is 0. The van der Waals surface area contributed by atoms with Crippen molar-refractivity contribution in [2.24, 2.45) is 0 Å². The summed E-state index contributed by atoms with van der Waals surface area (Å²) in [7, 11) is 0. The van der Waals surface area contributed by atoms with E-state index in [-0.39, 0.29) is 11.0 Å². The van der Waals surface area contributed by atoms with Crippen LogP contribution in [0.5, 0.6) is 0 Å². The second-order valence-electron chi connectivity index (χ2n) is 10.2. The molecule has 0 amide bonds. The van der Waals surface area contributed by atoms with Crippen molar-refractivity contribution in [3.8, 4) is 5.69 Å². The Morgan fingerprint density at radius 3 is 2.38 bits per heavy atom. The molecular weight excluding hydrogens is 412 g/mol. The average Bonchev–Trinajstić information content (AvgIpc) is 3.39. The Hall–Kier alpha value is -3.00. The van der Waals surface area contributed by atoms with Crippen molar-refractivity contribution in [1.29, 1.82) is 0 Å². The molecular formula is C32H38N2. The third-order valence-corrected chi connectivity index (χ3v) is 8.22. The molecule has 6 rings (SSSR count). The predicted octanol–water partition coefficient (Wildman–Crippen LogP) is 9.25. The van der Waals surface area contributed by atoms with E-state index < -0.39 is 0 Å². The molecule has 2 heteroatoms. The molecule has 1 fully saturated rings. The van der Waals surface area contributed by atoms with Crippen LogP contribution in [0.15, 0.2) is 66.7 Å². The number of hydrogen-bond acceptors (Lipinski definition) is 1. The molecule has 3 aromatic carbocycles. The van der Waals surface area contributed by atoms with Crippen molar-refractivity contribution in [2.45, 2.75) is 77.7 Å². The van der Waals surface area contributed by atoms with Crippen molar-refractivity contribution in [2.75, 3.05) is 5.32 Å². The maximum atomic E-state index is 4.02. The van der Waals surface area contributed by atoms with Crippen molar-refractivity contribution in [3.05, 3.63) is 78.0 Å².